The van der Waals surface area contributed by atoms with Crippen molar-refractivity contribution in [3.63, 3.8) is 0 Å². The summed E-state index contributed by atoms with van der Waals surface area (Å²) in [4.78, 5) is 41.7. The van der Waals surface area contributed by atoms with Gasteiger partial charge in [-0.3, -0.25) is 9.36 Å². The molecule has 0 saturated heterocycles. The van der Waals surface area contributed by atoms with Crippen LogP contribution in [0.15, 0.2) is 64.3 Å². The summed E-state index contributed by atoms with van der Waals surface area (Å²) in [6.45, 7) is 1.45. The van der Waals surface area contributed by atoms with E-state index in [0.717, 1.165) is 21.9 Å². The van der Waals surface area contributed by atoms with E-state index in [1.165, 1.54) is 10.8 Å². The molecule has 2 heterocycles. The number of nitrogens with zero attached hydrogens (tertiary/aromatic N) is 5. The highest BCUT2D eigenvalue weighted by Gasteiger charge is 2.16. The largest absolute Gasteiger partial charge is 0.437 e. The zero-order valence-electron chi connectivity index (χ0n) is 18.0. The van der Waals surface area contributed by atoms with Crippen molar-refractivity contribution in [1.82, 2.24) is 22.9 Å². The van der Waals surface area contributed by atoms with Crippen LogP contribution in [0.2, 0.25) is 5.02 Å². The highest BCUT2D eigenvalue weighted by molar-refractivity contribution is 6.99. The van der Waals surface area contributed by atoms with Crippen molar-refractivity contribution in [3.05, 3.63) is 86.3 Å². The number of anilines is 2. The smallest absolute Gasteiger partial charge is 0.355 e. The van der Waals surface area contributed by atoms with Crippen molar-refractivity contribution >= 4 is 40.7 Å². The van der Waals surface area contributed by atoms with Crippen LogP contribution in [0, 0.1) is 0 Å². The molecule has 0 amide bonds. The SMILES string of the molecule is CCC(=O)Cn1c(=O)nc(Nc2ccc(Oc3cnsn3)cc2)n(Cc2ccc(Cl)cc2)c1=O. The number of rotatable bonds is 9. The third kappa shape index (κ3) is 5.56. The molecular weight excluding hydrogens is 480 g/mol. The van der Waals surface area contributed by atoms with Crippen molar-refractivity contribution in [2.75, 3.05) is 5.32 Å². The second-order valence-corrected chi connectivity index (χ2v) is 8.18. The maximum atomic E-state index is 13.2. The van der Waals surface area contributed by atoms with Crippen LogP contribution in [0.5, 0.6) is 11.6 Å². The average molecular weight is 499 g/mol. The molecule has 4 rings (SSSR count). The summed E-state index contributed by atoms with van der Waals surface area (Å²) in [6.07, 6.45) is 1.71. The van der Waals surface area contributed by atoms with Crippen LogP contribution in [0.3, 0.4) is 0 Å². The fourth-order valence-corrected chi connectivity index (χ4v) is 3.50. The Hall–Kier alpha value is -3.83. The molecule has 0 aliphatic carbocycles. The van der Waals surface area contributed by atoms with Gasteiger partial charge in [0, 0.05) is 17.1 Å². The fraction of sp³-hybridized carbons (Fsp3) is 0.182. The third-order valence-corrected chi connectivity index (χ3v) is 5.52. The van der Waals surface area contributed by atoms with E-state index >= 15 is 0 Å². The van der Waals surface area contributed by atoms with Gasteiger partial charge >= 0.3 is 11.4 Å². The minimum absolute atomic E-state index is 0.0440. The Morgan fingerprint density at radius 1 is 1.09 bits per heavy atom. The molecule has 12 heteroatoms. The predicted molar refractivity (Wildman–Crippen MR) is 128 cm³/mol. The molecule has 0 radical (unpaired) electrons. The quantitative estimate of drug-likeness (QED) is 0.372. The molecule has 0 fully saturated rings. The number of halogens is 1. The predicted octanol–water partition coefficient (Wildman–Crippen LogP) is 3.47. The van der Waals surface area contributed by atoms with E-state index in [0.29, 0.717) is 22.3 Å². The van der Waals surface area contributed by atoms with Gasteiger partial charge in [0.2, 0.25) is 5.95 Å². The maximum Gasteiger partial charge on any atom is 0.355 e. The van der Waals surface area contributed by atoms with Gasteiger partial charge in [-0.1, -0.05) is 30.7 Å². The van der Waals surface area contributed by atoms with E-state index in [2.05, 4.69) is 19.0 Å². The first kappa shape index (κ1) is 23.3. The topological polar surface area (TPSA) is 121 Å². The number of hydrogen-bond donors (Lipinski definition) is 1. The average Bonchev–Trinajstić information content (AvgIpc) is 3.34. The molecule has 1 N–H and O–H groups in total. The first-order chi connectivity index (χ1) is 16.4. The minimum Gasteiger partial charge on any atom is -0.437 e. The second-order valence-electron chi connectivity index (χ2n) is 7.19. The number of benzene rings is 2. The monoisotopic (exact) mass is 498 g/mol. The number of carbonyl (C=O) groups is 1. The maximum absolute atomic E-state index is 13.2. The molecule has 0 spiro atoms. The van der Waals surface area contributed by atoms with Gasteiger partial charge in [0.05, 0.1) is 24.8 Å². The Balaban J connectivity index is 1.67. The molecule has 34 heavy (non-hydrogen) atoms. The molecule has 0 aliphatic rings. The Labute approximate surface area is 202 Å². The van der Waals surface area contributed by atoms with Crippen molar-refractivity contribution in [1.29, 1.82) is 0 Å². The van der Waals surface area contributed by atoms with Crippen LogP contribution in [-0.2, 0) is 17.9 Å². The van der Waals surface area contributed by atoms with Gasteiger partial charge in [0.15, 0.2) is 5.78 Å². The Morgan fingerprint density at radius 3 is 2.47 bits per heavy atom. The third-order valence-electron chi connectivity index (χ3n) is 4.81. The zero-order chi connectivity index (χ0) is 24.1. The summed E-state index contributed by atoms with van der Waals surface area (Å²) < 4.78 is 15.6. The molecule has 0 unspecified atom stereocenters. The molecule has 0 atom stereocenters. The van der Waals surface area contributed by atoms with E-state index in [9.17, 15) is 14.4 Å². The lowest BCUT2D eigenvalue weighted by Crippen LogP contribution is -2.44. The molecular formula is C22H19ClN6O4S. The van der Waals surface area contributed by atoms with Gasteiger partial charge in [-0.15, -0.1) is 4.37 Å². The Morgan fingerprint density at radius 2 is 1.82 bits per heavy atom. The highest BCUT2D eigenvalue weighted by Crippen LogP contribution is 2.23. The number of ether oxygens (including phenoxy) is 1. The van der Waals surface area contributed by atoms with Crippen LogP contribution < -0.4 is 21.4 Å². The van der Waals surface area contributed by atoms with E-state index < -0.39 is 11.4 Å². The van der Waals surface area contributed by atoms with Crippen LogP contribution in [0.4, 0.5) is 11.6 Å². The molecule has 0 aliphatic heterocycles. The van der Waals surface area contributed by atoms with Crippen molar-refractivity contribution < 1.29 is 9.53 Å². The lowest BCUT2D eigenvalue weighted by Gasteiger charge is -2.15. The fourth-order valence-electron chi connectivity index (χ4n) is 3.02. The van der Waals surface area contributed by atoms with Crippen molar-refractivity contribution in [2.24, 2.45) is 0 Å². The van der Waals surface area contributed by atoms with Crippen LogP contribution >= 0.6 is 23.3 Å². The van der Waals surface area contributed by atoms with Gasteiger partial charge in [-0.25, -0.2) is 14.2 Å². The summed E-state index contributed by atoms with van der Waals surface area (Å²) >= 11 is 7.01. The van der Waals surface area contributed by atoms with Crippen LogP contribution in [0.25, 0.3) is 0 Å². The van der Waals surface area contributed by atoms with Gasteiger partial charge < -0.3 is 10.1 Å². The summed E-state index contributed by atoms with van der Waals surface area (Å²) in [6, 6.07) is 13.8. The van der Waals surface area contributed by atoms with E-state index in [1.54, 1.807) is 55.5 Å². The number of hydrogen-bond acceptors (Lipinski definition) is 9. The standard InChI is InChI=1S/C22H19ClN6O4S/c1-2-17(30)13-29-21(31)26-20(28(22(29)32)12-14-3-5-15(23)6-4-14)25-16-7-9-18(10-8-16)33-19-11-24-34-27-19/h3-11H,2,12-13H2,1H3,(H,25,26,31). The summed E-state index contributed by atoms with van der Waals surface area (Å²) in [5.74, 6) is 0.723. The first-order valence-electron chi connectivity index (χ1n) is 10.2. The van der Waals surface area contributed by atoms with Crippen molar-refractivity contribution in [2.45, 2.75) is 26.4 Å². The molecule has 0 saturated carbocycles. The lowest BCUT2D eigenvalue weighted by molar-refractivity contribution is -0.119. The number of carbonyl (C=O) groups excluding carboxylic acids is 1. The summed E-state index contributed by atoms with van der Waals surface area (Å²) in [7, 11) is 0. The second kappa shape index (κ2) is 10.4. The summed E-state index contributed by atoms with van der Waals surface area (Å²) in [5.41, 5.74) is -0.112. The van der Waals surface area contributed by atoms with Crippen LogP contribution in [0.1, 0.15) is 18.9 Å². The molecule has 10 nitrogen and oxygen atoms in total. The van der Waals surface area contributed by atoms with E-state index in [4.69, 9.17) is 16.3 Å². The molecule has 0 bridgehead atoms. The number of Topliss-reactive ketones (excluding diaryl/α,β-unsaturated/α-hetero) is 1. The van der Waals surface area contributed by atoms with Gasteiger partial charge in [-0.05, 0) is 42.0 Å². The minimum atomic E-state index is -0.808. The lowest BCUT2D eigenvalue weighted by atomic mass is 10.2. The van der Waals surface area contributed by atoms with E-state index in [1.807, 2.05) is 0 Å². The van der Waals surface area contributed by atoms with Gasteiger partial charge in [0.25, 0.3) is 5.88 Å². The molecule has 4 aromatic rings. The Bertz CT molecular complexity index is 1400. The number of nitrogens with one attached hydrogen (secondary N) is 1. The number of ketones is 1. The number of aromatic nitrogens is 5. The first-order valence-corrected chi connectivity index (χ1v) is 11.3. The van der Waals surface area contributed by atoms with E-state index in [-0.39, 0.29) is 31.2 Å². The van der Waals surface area contributed by atoms with Crippen molar-refractivity contribution in [3.8, 4) is 11.6 Å². The Kier molecular flexibility index (Phi) is 7.14. The summed E-state index contributed by atoms with van der Waals surface area (Å²) in [5, 5.41) is 3.57. The molecule has 2 aromatic heterocycles. The normalized spacial score (nSPS) is 10.8. The zero-order valence-corrected chi connectivity index (χ0v) is 19.5. The molecule has 174 valence electrons. The van der Waals surface area contributed by atoms with Gasteiger partial charge in [-0.2, -0.15) is 9.36 Å². The van der Waals surface area contributed by atoms with Gasteiger partial charge in [0.1, 0.15) is 11.9 Å². The molecule has 2 aromatic carbocycles. The highest BCUT2D eigenvalue weighted by atomic mass is 35.5. The van der Waals surface area contributed by atoms with Crippen LogP contribution in [-0.4, -0.2) is 28.6 Å².